The minimum Gasteiger partial charge on any atom is -0.280 e. The molecular formula is C18H17ClN2O2S2. The first-order valence-corrected chi connectivity index (χ1v) is 10.3. The number of halogens is 1. The number of benzene rings is 2. The van der Waals surface area contributed by atoms with Gasteiger partial charge in [-0.25, -0.2) is 13.4 Å². The third-order valence-electron chi connectivity index (χ3n) is 3.73. The Kier molecular flexibility index (Phi) is 4.86. The highest BCUT2D eigenvalue weighted by Crippen LogP contribution is 2.29. The van der Waals surface area contributed by atoms with Gasteiger partial charge in [0.1, 0.15) is 5.01 Å². The van der Waals surface area contributed by atoms with E-state index >= 15 is 0 Å². The molecule has 0 aliphatic carbocycles. The third kappa shape index (κ3) is 3.86. The first kappa shape index (κ1) is 17.9. The molecule has 7 heteroatoms. The van der Waals surface area contributed by atoms with Crippen LogP contribution in [0.15, 0.2) is 47.5 Å². The van der Waals surface area contributed by atoms with Crippen LogP contribution in [0.3, 0.4) is 0 Å². The Morgan fingerprint density at radius 3 is 2.52 bits per heavy atom. The summed E-state index contributed by atoms with van der Waals surface area (Å²) in [6.45, 7) is 5.50. The van der Waals surface area contributed by atoms with Crippen molar-refractivity contribution >= 4 is 38.6 Å². The Bertz CT molecular complexity index is 1040. The predicted octanol–water partition coefficient (Wildman–Crippen LogP) is 5.19. The van der Waals surface area contributed by atoms with E-state index in [1.165, 1.54) is 0 Å². The summed E-state index contributed by atoms with van der Waals surface area (Å²) in [4.78, 5) is 5.68. The molecule has 1 aromatic heterocycles. The van der Waals surface area contributed by atoms with Crippen molar-refractivity contribution < 1.29 is 8.42 Å². The van der Waals surface area contributed by atoms with E-state index in [9.17, 15) is 8.42 Å². The molecule has 0 aliphatic heterocycles. The van der Waals surface area contributed by atoms with Gasteiger partial charge in [-0.15, -0.1) is 11.3 Å². The van der Waals surface area contributed by atoms with Crippen LogP contribution in [0, 0.1) is 20.8 Å². The monoisotopic (exact) mass is 392 g/mol. The van der Waals surface area contributed by atoms with Crippen molar-refractivity contribution in [1.82, 2.24) is 4.98 Å². The van der Waals surface area contributed by atoms with Gasteiger partial charge in [0.15, 0.2) is 0 Å². The molecule has 3 aromatic rings. The van der Waals surface area contributed by atoms with Gasteiger partial charge in [-0.2, -0.15) is 0 Å². The molecule has 130 valence electrons. The maximum Gasteiger partial charge on any atom is 0.262 e. The molecule has 0 fully saturated rings. The smallest absolute Gasteiger partial charge is 0.262 e. The molecule has 0 saturated carbocycles. The van der Waals surface area contributed by atoms with Gasteiger partial charge < -0.3 is 0 Å². The van der Waals surface area contributed by atoms with Gasteiger partial charge in [0, 0.05) is 27.3 Å². The number of rotatable bonds is 4. The number of nitrogens with zero attached hydrogens (tertiary/aromatic N) is 1. The van der Waals surface area contributed by atoms with E-state index in [0.717, 1.165) is 21.0 Å². The average molecular weight is 393 g/mol. The van der Waals surface area contributed by atoms with Crippen LogP contribution in [0.4, 0.5) is 5.69 Å². The third-order valence-corrected chi connectivity index (χ3v) is 6.62. The lowest BCUT2D eigenvalue weighted by molar-refractivity contribution is 0.600. The van der Waals surface area contributed by atoms with Crippen LogP contribution >= 0.6 is 22.9 Å². The number of hydrogen-bond acceptors (Lipinski definition) is 4. The van der Waals surface area contributed by atoms with E-state index < -0.39 is 10.0 Å². The van der Waals surface area contributed by atoms with Crippen LogP contribution in [-0.4, -0.2) is 13.4 Å². The van der Waals surface area contributed by atoms with Crippen molar-refractivity contribution in [2.24, 2.45) is 0 Å². The number of anilines is 1. The second-order valence-electron chi connectivity index (χ2n) is 5.83. The summed E-state index contributed by atoms with van der Waals surface area (Å²) in [6.07, 6.45) is 1.80. The van der Waals surface area contributed by atoms with Crippen LogP contribution in [0.2, 0.25) is 5.02 Å². The lowest BCUT2D eigenvalue weighted by atomic mass is 10.2. The van der Waals surface area contributed by atoms with Crippen molar-refractivity contribution in [1.29, 1.82) is 0 Å². The van der Waals surface area contributed by atoms with Gasteiger partial charge in [-0.3, -0.25) is 4.72 Å². The Balaban J connectivity index is 1.95. The molecule has 0 amide bonds. The van der Waals surface area contributed by atoms with E-state index in [1.807, 2.05) is 19.1 Å². The summed E-state index contributed by atoms with van der Waals surface area (Å²) in [5.74, 6) is 0. The van der Waals surface area contributed by atoms with Gasteiger partial charge >= 0.3 is 0 Å². The van der Waals surface area contributed by atoms with Crippen molar-refractivity contribution in [3.8, 4) is 10.6 Å². The Morgan fingerprint density at radius 1 is 1.08 bits per heavy atom. The normalized spacial score (nSPS) is 11.5. The maximum absolute atomic E-state index is 12.8. The van der Waals surface area contributed by atoms with Gasteiger partial charge in [0.05, 0.1) is 4.90 Å². The van der Waals surface area contributed by atoms with Gasteiger partial charge in [0.2, 0.25) is 0 Å². The highest BCUT2D eigenvalue weighted by molar-refractivity contribution is 7.92. The number of nitrogens with one attached hydrogen (secondary N) is 1. The molecule has 0 radical (unpaired) electrons. The lowest BCUT2D eigenvalue weighted by Crippen LogP contribution is -2.14. The first-order valence-electron chi connectivity index (χ1n) is 7.59. The molecule has 3 rings (SSSR count). The van der Waals surface area contributed by atoms with Crippen molar-refractivity contribution in [2.75, 3.05) is 4.72 Å². The fourth-order valence-corrected chi connectivity index (χ4v) is 4.80. The topological polar surface area (TPSA) is 59.1 Å². The zero-order valence-electron chi connectivity index (χ0n) is 14.0. The molecule has 1 N–H and O–H groups in total. The molecule has 0 saturated heterocycles. The van der Waals surface area contributed by atoms with Crippen molar-refractivity contribution in [3.05, 3.63) is 63.6 Å². The quantitative estimate of drug-likeness (QED) is 0.664. The largest absolute Gasteiger partial charge is 0.280 e. The van der Waals surface area contributed by atoms with Crippen molar-refractivity contribution in [3.63, 3.8) is 0 Å². The molecule has 0 spiro atoms. The van der Waals surface area contributed by atoms with Crippen LogP contribution in [0.5, 0.6) is 0 Å². The van der Waals surface area contributed by atoms with Crippen LogP contribution in [0.25, 0.3) is 10.6 Å². The molecule has 25 heavy (non-hydrogen) atoms. The maximum atomic E-state index is 12.8. The number of sulfonamides is 1. The molecule has 0 aliphatic rings. The molecule has 4 nitrogen and oxygen atoms in total. The van der Waals surface area contributed by atoms with Crippen molar-refractivity contribution in [2.45, 2.75) is 25.7 Å². The zero-order valence-corrected chi connectivity index (χ0v) is 16.4. The molecule has 0 bridgehead atoms. The second kappa shape index (κ2) is 6.78. The minimum atomic E-state index is -3.70. The minimum absolute atomic E-state index is 0.227. The van der Waals surface area contributed by atoms with Gasteiger partial charge in [0.25, 0.3) is 10.0 Å². The van der Waals surface area contributed by atoms with E-state index in [0.29, 0.717) is 16.3 Å². The number of aromatic nitrogens is 1. The van der Waals surface area contributed by atoms with E-state index in [4.69, 9.17) is 11.6 Å². The average Bonchev–Trinajstić information content (AvgIpc) is 2.97. The summed E-state index contributed by atoms with van der Waals surface area (Å²) in [7, 11) is -3.70. The fraction of sp³-hybridized carbons (Fsp3) is 0.167. The molecule has 2 aromatic carbocycles. The summed E-state index contributed by atoms with van der Waals surface area (Å²) in [6, 6.07) is 10.5. The second-order valence-corrected chi connectivity index (χ2v) is 9.12. The molecule has 0 atom stereocenters. The molecular weight excluding hydrogens is 376 g/mol. The molecule has 0 unspecified atom stereocenters. The Morgan fingerprint density at radius 2 is 1.84 bits per heavy atom. The van der Waals surface area contributed by atoms with E-state index in [1.54, 1.807) is 55.6 Å². The predicted molar refractivity (Wildman–Crippen MR) is 104 cm³/mol. The van der Waals surface area contributed by atoms with E-state index in [-0.39, 0.29) is 4.90 Å². The van der Waals surface area contributed by atoms with Crippen LogP contribution < -0.4 is 4.72 Å². The number of hydrogen-bond donors (Lipinski definition) is 1. The SMILES string of the molecule is Cc1cnc(-c2cccc(NS(=O)(=O)c3cc(C)c(Cl)cc3C)c2)s1. The van der Waals surface area contributed by atoms with Gasteiger partial charge in [-0.1, -0.05) is 23.7 Å². The van der Waals surface area contributed by atoms with E-state index in [2.05, 4.69) is 9.71 Å². The summed E-state index contributed by atoms with van der Waals surface area (Å²) in [5.41, 5.74) is 2.70. The summed E-state index contributed by atoms with van der Waals surface area (Å²) in [5, 5.41) is 1.41. The highest BCUT2D eigenvalue weighted by atomic mass is 35.5. The lowest BCUT2D eigenvalue weighted by Gasteiger charge is -2.12. The summed E-state index contributed by atoms with van der Waals surface area (Å²) < 4.78 is 28.2. The Labute approximate surface area is 156 Å². The first-order chi connectivity index (χ1) is 11.8. The standard InChI is InChI=1S/C18H17ClN2O2S2/c1-11-8-17(12(2)7-16(11)19)25(22,23)21-15-6-4-5-14(9-15)18-20-10-13(3)24-18/h4-10,21H,1-3H3. The Hall–Kier alpha value is -1.89. The zero-order chi connectivity index (χ0) is 18.2. The molecule has 1 heterocycles. The number of aryl methyl sites for hydroxylation is 3. The van der Waals surface area contributed by atoms with Gasteiger partial charge in [-0.05, 0) is 56.2 Å². The van der Waals surface area contributed by atoms with Crippen LogP contribution in [0.1, 0.15) is 16.0 Å². The highest BCUT2D eigenvalue weighted by Gasteiger charge is 2.18. The summed E-state index contributed by atoms with van der Waals surface area (Å²) >= 11 is 7.63. The fourth-order valence-electron chi connectivity index (χ4n) is 2.46. The number of thiazole rings is 1. The van der Waals surface area contributed by atoms with Crippen LogP contribution in [-0.2, 0) is 10.0 Å².